The molecule has 7 heteroatoms. The molecule has 0 saturated heterocycles. The summed E-state index contributed by atoms with van der Waals surface area (Å²) >= 11 is 1.38. The Kier molecular flexibility index (Phi) is 5.37. The number of nitrogens with zero attached hydrogens (tertiary/aromatic N) is 2. The lowest BCUT2D eigenvalue weighted by atomic mass is 10.2. The number of fused-ring (bicyclic) bond motifs is 1. The van der Waals surface area contributed by atoms with E-state index in [1.807, 2.05) is 12.3 Å². The van der Waals surface area contributed by atoms with E-state index in [1.54, 1.807) is 24.3 Å². The Balaban J connectivity index is 1.64. The van der Waals surface area contributed by atoms with Crippen LogP contribution in [0.15, 0.2) is 40.5 Å². The van der Waals surface area contributed by atoms with E-state index in [2.05, 4.69) is 18.8 Å². The summed E-state index contributed by atoms with van der Waals surface area (Å²) in [6, 6.07) is 8.19. The number of aryl methyl sites for hydroxylation is 1. The number of hydrogen-bond donors (Lipinski definition) is 0. The van der Waals surface area contributed by atoms with Gasteiger partial charge in [-0.1, -0.05) is 13.8 Å². The molecule has 3 aromatic rings. The van der Waals surface area contributed by atoms with Crippen molar-refractivity contribution in [3.05, 3.63) is 63.0 Å². The Morgan fingerprint density at radius 1 is 1.27 bits per heavy atom. The van der Waals surface area contributed by atoms with Gasteiger partial charge < -0.3 is 9.47 Å². The molecule has 0 radical (unpaired) electrons. The molecule has 2 aromatic heterocycles. The molecule has 6 nitrogen and oxygen atoms in total. The van der Waals surface area contributed by atoms with Gasteiger partial charge in [-0.05, 0) is 37.1 Å². The smallest absolute Gasteiger partial charge is 0.338 e. The summed E-state index contributed by atoms with van der Waals surface area (Å²) in [4.78, 5) is 29.2. The topological polar surface area (TPSA) is 69.9 Å². The van der Waals surface area contributed by atoms with Gasteiger partial charge in [0.15, 0.2) is 4.96 Å². The predicted octanol–water partition coefficient (Wildman–Crippen LogP) is 3.46. The van der Waals surface area contributed by atoms with E-state index in [0.717, 1.165) is 5.69 Å². The van der Waals surface area contributed by atoms with Gasteiger partial charge in [0.05, 0.1) is 17.9 Å². The van der Waals surface area contributed by atoms with Crippen LogP contribution in [0.2, 0.25) is 0 Å². The Bertz CT molecular complexity index is 973. The number of carbonyl (C=O) groups excluding carboxylic acids is 1. The van der Waals surface area contributed by atoms with Crippen molar-refractivity contribution < 1.29 is 14.3 Å². The highest BCUT2D eigenvalue weighted by atomic mass is 32.1. The maximum Gasteiger partial charge on any atom is 0.338 e. The molecule has 2 heterocycles. The minimum atomic E-state index is -0.468. The molecular weight excluding hydrogens is 352 g/mol. The molecule has 3 rings (SSSR count). The lowest BCUT2D eigenvalue weighted by Gasteiger charge is -2.09. The fraction of sp³-hybridized carbons (Fsp3) is 0.316. The average Bonchev–Trinajstić information content (AvgIpc) is 2.99. The van der Waals surface area contributed by atoms with Gasteiger partial charge in [-0.25, -0.2) is 9.78 Å². The third-order valence-electron chi connectivity index (χ3n) is 3.65. The first-order valence-corrected chi connectivity index (χ1v) is 9.19. The molecule has 0 aliphatic heterocycles. The van der Waals surface area contributed by atoms with Crippen molar-refractivity contribution in [1.29, 1.82) is 0 Å². The highest BCUT2D eigenvalue weighted by Crippen LogP contribution is 2.15. The number of benzene rings is 1. The van der Waals surface area contributed by atoms with Crippen LogP contribution in [0, 0.1) is 12.8 Å². The van der Waals surface area contributed by atoms with Crippen molar-refractivity contribution in [3.63, 3.8) is 0 Å². The lowest BCUT2D eigenvalue weighted by molar-refractivity contribution is 0.0467. The summed E-state index contributed by atoms with van der Waals surface area (Å²) in [6.07, 6.45) is 0. The zero-order chi connectivity index (χ0) is 18.7. The van der Waals surface area contributed by atoms with Crippen molar-refractivity contribution in [1.82, 2.24) is 9.38 Å². The first-order valence-electron chi connectivity index (χ1n) is 8.31. The fourth-order valence-electron chi connectivity index (χ4n) is 2.35. The van der Waals surface area contributed by atoms with Gasteiger partial charge in [0.2, 0.25) is 0 Å². The van der Waals surface area contributed by atoms with Gasteiger partial charge in [-0.2, -0.15) is 0 Å². The Morgan fingerprint density at radius 3 is 2.69 bits per heavy atom. The summed E-state index contributed by atoms with van der Waals surface area (Å²) in [6.45, 7) is 6.56. The third-order valence-corrected chi connectivity index (χ3v) is 4.60. The van der Waals surface area contributed by atoms with Crippen LogP contribution in [0.3, 0.4) is 0 Å². The fourth-order valence-corrected chi connectivity index (χ4v) is 3.24. The van der Waals surface area contributed by atoms with Gasteiger partial charge in [0.25, 0.3) is 5.56 Å². The maximum atomic E-state index is 12.2. The molecule has 0 amide bonds. The van der Waals surface area contributed by atoms with Crippen LogP contribution < -0.4 is 10.3 Å². The second-order valence-corrected chi connectivity index (χ2v) is 7.22. The summed E-state index contributed by atoms with van der Waals surface area (Å²) in [5, 5.41) is 1.86. The zero-order valence-corrected chi connectivity index (χ0v) is 15.7. The second kappa shape index (κ2) is 7.70. The van der Waals surface area contributed by atoms with Crippen LogP contribution in [0.4, 0.5) is 0 Å². The van der Waals surface area contributed by atoms with E-state index in [4.69, 9.17) is 9.47 Å². The molecule has 0 N–H and O–H groups in total. The lowest BCUT2D eigenvalue weighted by Crippen LogP contribution is -2.16. The summed E-state index contributed by atoms with van der Waals surface area (Å²) in [5.74, 6) is 0.675. The predicted molar refractivity (Wildman–Crippen MR) is 100.0 cm³/mol. The van der Waals surface area contributed by atoms with E-state index in [1.165, 1.54) is 21.8 Å². The molecule has 136 valence electrons. The number of thiazole rings is 1. The monoisotopic (exact) mass is 372 g/mol. The van der Waals surface area contributed by atoms with E-state index in [0.29, 0.717) is 34.5 Å². The van der Waals surface area contributed by atoms with Gasteiger partial charge in [-0.3, -0.25) is 9.20 Å². The first-order chi connectivity index (χ1) is 12.4. The normalized spacial score (nSPS) is 11.1. The molecule has 0 saturated carbocycles. The molecule has 0 aliphatic rings. The van der Waals surface area contributed by atoms with Gasteiger partial charge in [0, 0.05) is 17.1 Å². The molecule has 26 heavy (non-hydrogen) atoms. The van der Waals surface area contributed by atoms with E-state index < -0.39 is 5.97 Å². The van der Waals surface area contributed by atoms with E-state index in [9.17, 15) is 9.59 Å². The zero-order valence-electron chi connectivity index (χ0n) is 14.9. The van der Waals surface area contributed by atoms with Gasteiger partial charge >= 0.3 is 5.97 Å². The van der Waals surface area contributed by atoms with Gasteiger partial charge in [-0.15, -0.1) is 11.3 Å². The molecule has 0 aliphatic carbocycles. The summed E-state index contributed by atoms with van der Waals surface area (Å²) in [5.41, 5.74) is 1.52. The van der Waals surface area contributed by atoms with Crippen molar-refractivity contribution in [2.75, 3.05) is 6.61 Å². The third kappa shape index (κ3) is 4.11. The first kappa shape index (κ1) is 18.1. The Morgan fingerprint density at radius 2 is 2.00 bits per heavy atom. The van der Waals surface area contributed by atoms with Crippen molar-refractivity contribution in [2.24, 2.45) is 5.92 Å². The number of rotatable bonds is 6. The molecule has 1 aromatic carbocycles. The van der Waals surface area contributed by atoms with E-state index >= 15 is 0 Å². The molecule has 0 fully saturated rings. The summed E-state index contributed by atoms with van der Waals surface area (Å²) < 4.78 is 12.4. The largest absolute Gasteiger partial charge is 0.493 e. The minimum Gasteiger partial charge on any atom is -0.493 e. The van der Waals surface area contributed by atoms with Gasteiger partial charge in [0.1, 0.15) is 12.4 Å². The molecular formula is C19H20N2O4S. The second-order valence-electron chi connectivity index (χ2n) is 6.39. The van der Waals surface area contributed by atoms with Crippen molar-refractivity contribution >= 4 is 22.3 Å². The average molecular weight is 372 g/mol. The van der Waals surface area contributed by atoms with Crippen LogP contribution in [0.5, 0.6) is 5.75 Å². The SMILES string of the molecule is Cc1csc2nc(COC(=O)c3ccc(OCC(C)C)cc3)cc(=O)n12. The number of hydrogen-bond acceptors (Lipinski definition) is 6. The van der Waals surface area contributed by atoms with Crippen LogP contribution in [0.25, 0.3) is 4.96 Å². The minimum absolute atomic E-state index is 0.0485. The standard InChI is InChI=1S/C19H20N2O4S/c1-12(2)9-24-16-6-4-14(5-7-16)18(23)25-10-15-8-17(22)21-13(3)11-26-19(21)20-15/h4-8,11-12H,9-10H2,1-3H3. The number of aromatic nitrogens is 2. The van der Waals surface area contributed by atoms with Crippen molar-refractivity contribution in [2.45, 2.75) is 27.4 Å². The summed E-state index contributed by atoms with van der Waals surface area (Å²) in [7, 11) is 0. The maximum absolute atomic E-state index is 12.2. The number of esters is 1. The van der Waals surface area contributed by atoms with Crippen LogP contribution in [0.1, 0.15) is 35.6 Å². The highest BCUT2D eigenvalue weighted by molar-refractivity contribution is 7.15. The Hall–Kier alpha value is -2.67. The van der Waals surface area contributed by atoms with Crippen LogP contribution >= 0.6 is 11.3 Å². The highest BCUT2D eigenvalue weighted by Gasteiger charge is 2.11. The molecule has 0 unspecified atom stereocenters. The van der Waals surface area contributed by atoms with E-state index in [-0.39, 0.29) is 12.2 Å². The van der Waals surface area contributed by atoms with Crippen molar-refractivity contribution in [3.8, 4) is 5.75 Å². The quantitative estimate of drug-likeness (QED) is 0.620. The molecule has 0 spiro atoms. The van der Waals surface area contributed by atoms with Crippen LogP contribution in [-0.4, -0.2) is 22.0 Å². The van der Waals surface area contributed by atoms with Crippen LogP contribution in [-0.2, 0) is 11.3 Å². The number of ether oxygens (including phenoxy) is 2. The molecule has 0 bridgehead atoms. The number of carbonyl (C=O) groups is 1. The Labute approximate surface area is 155 Å². The molecule has 0 atom stereocenters.